The third-order valence-corrected chi connectivity index (χ3v) is 4.05. The fraction of sp³-hybridized carbons (Fsp3) is 0.533. The minimum absolute atomic E-state index is 0.0257. The lowest BCUT2D eigenvalue weighted by molar-refractivity contribution is -0.158. The number of hydrogen-bond acceptors (Lipinski definition) is 4. The van der Waals surface area contributed by atoms with Gasteiger partial charge in [0.25, 0.3) is 0 Å². The number of aliphatic carboxylic acids is 1. The van der Waals surface area contributed by atoms with E-state index in [-0.39, 0.29) is 12.7 Å². The highest BCUT2D eigenvalue weighted by molar-refractivity contribution is 7.99. The lowest BCUT2D eigenvalue weighted by Crippen LogP contribution is -2.23. The molecular formula is C15H20O4S. The van der Waals surface area contributed by atoms with Crippen LogP contribution in [-0.2, 0) is 20.7 Å². The van der Waals surface area contributed by atoms with Gasteiger partial charge in [-0.1, -0.05) is 12.1 Å². The van der Waals surface area contributed by atoms with Crippen molar-refractivity contribution >= 4 is 17.7 Å². The zero-order valence-corrected chi connectivity index (χ0v) is 12.2. The number of ether oxygens (including phenoxy) is 2. The molecular weight excluding hydrogens is 276 g/mol. The first-order valence-corrected chi connectivity index (χ1v) is 7.89. The second-order valence-electron chi connectivity index (χ2n) is 4.73. The Hall–Kier alpha value is -1.04. The molecule has 1 atom stereocenters. The monoisotopic (exact) mass is 296 g/mol. The second kappa shape index (κ2) is 8.29. The maximum Gasteiger partial charge on any atom is 0.307 e. The number of carboxylic acid groups (broad SMARTS) is 1. The molecule has 1 N–H and O–H groups in total. The predicted octanol–water partition coefficient (Wildman–Crippen LogP) is 2.95. The molecule has 1 fully saturated rings. The quantitative estimate of drug-likeness (QED) is 0.619. The third kappa shape index (κ3) is 5.53. The van der Waals surface area contributed by atoms with Crippen LogP contribution in [-0.4, -0.2) is 36.3 Å². The molecule has 1 aliphatic heterocycles. The van der Waals surface area contributed by atoms with Gasteiger partial charge in [-0.2, -0.15) is 0 Å². The summed E-state index contributed by atoms with van der Waals surface area (Å²) in [7, 11) is 0. The van der Waals surface area contributed by atoms with Crippen molar-refractivity contribution in [2.75, 3.05) is 19.0 Å². The molecule has 1 unspecified atom stereocenters. The van der Waals surface area contributed by atoms with Gasteiger partial charge in [0.1, 0.15) is 0 Å². The Kier molecular flexibility index (Phi) is 6.36. The van der Waals surface area contributed by atoms with Gasteiger partial charge in [-0.05, 0) is 37.0 Å². The molecule has 1 aliphatic rings. The van der Waals surface area contributed by atoms with Crippen molar-refractivity contribution in [1.82, 2.24) is 0 Å². The first-order valence-electron chi connectivity index (χ1n) is 6.91. The van der Waals surface area contributed by atoms with Crippen molar-refractivity contribution in [3.63, 3.8) is 0 Å². The van der Waals surface area contributed by atoms with Crippen LogP contribution in [0.15, 0.2) is 29.2 Å². The van der Waals surface area contributed by atoms with E-state index in [0.717, 1.165) is 35.7 Å². The van der Waals surface area contributed by atoms with Crippen LogP contribution in [0.5, 0.6) is 0 Å². The number of rotatable bonds is 7. The fourth-order valence-corrected chi connectivity index (χ4v) is 2.80. The van der Waals surface area contributed by atoms with Gasteiger partial charge < -0.3 is 14.6 Å². The minimum atomic E-state index is -0.800. The lowest BCUT2D eigenvalue weighted by atomic mass is 10.2. The highest BCUT2D eigenvalue weighted by atomic mass is 32.2. The van der Waals surface area contributed by atoms with E-state index in [0.29, 0.717) is 6.61 Å². The summed E-state index contributed by atoms with van der Waals surface area (Å²) in [6.45, 7) is 1.48. The van der Waals surface area contributed by atoms with Crippen LogP contribution < -0.4 is 0 Å². The smallest absolute Gasteiger partial charge is 0.307 e. The Morgan fingerprint density at radius 2 is 2.15 bits per heavy atom. The summed E-state index contributed by atoms with van der Waals surface area (Å²) < 4.78 is 11.2. The molecule has 2 rings (SSSR count). The van der Waals surface area contributed by atoms with E-state index in [9.17, 15) is 4.79 Å². The van der Waals surface area contributed by atoms with Crippen LogP contribution in [0.1, 0.15) is 24.8 Å². The molecule has 110 valence electrons. The van der Waals surface area contributed by atoms with Gasteiger partial charge in [0.05, 0.1) is 13.0 Å². The summed E-state index contributed by atoms with van der Waals surface area (Å²) in [6.07, 6.45) is 3.36. The Bertz CT molecular complexity index is 412. The summed E-state index contributed by atoms with van der Waals surface area (Å²) >= 11 is 1.71. The van der Waals surface area contributed by atoms with Crippen molar-refractivity contribution in [2.24, 2.45) is 0 Å². The molecule has 0 aromatic heterocycles. The molecule has 0 spiro atoms. The maximum atomic E-state index is 10.6. The van der Waals surface area contributed by atoms with Gasteiger partial charge in [-0.15, -0.1) is 11.8 Å². The number of benzene rings is 1. The first kappa shape index (κ1) is 15.4. The zero-order chi connectivity index (χ0) is 14.2. The van der Waals surface area contributed by atoms with E-state index >= 15 is 0 Å². The highest BCUT2D eigenvalue weighted by Crippen LogP contribution is 2.19. The number of hydrogen-bond donors (Lipinski definition) is 1. The minimum Gasteiger partial charge on any atom is -0.481 e. The molecule has 1 aromatic carbocycles. The summed E-state index contributed by atoms with van der Waals surface area (Å²) in [4.78, 5) is 11.7. The average molecular weight is 296 g/mol. The Morgan fingerprint density at radius 3 is 2.80 bits per heavy atom. The van der Waals surface area contributed by atoms with Gasteiger partial charge >= 0.3 is 5.97 Å². The Balaban J connectivity index is 1.64. The molecule has 20 heavy (non-hydrogen) atoms. The molecule has 0 saturated carbocycles. The van der Waals surface area contributed by atoms with Gasteiger partial charge in [0.15, 0.2) is 6.29 Å². The topological polar surface area (TPSA) is 55.8 Å². The Labute approximate surface area is 123 Å². The standard InChI is InChI=1S/C15H20O4S/c16-14(17)11-12-4-6-13(7-5-12)20-10-9-19-15-3-1-2-8-18-15/h4-7,15H,1-3,8-11H2,(H,16,17). The van der Waals surface area contributed by atoms with Crippen LogP contribution in [0.2, 0.25) is 0 Å². The van der Waals surface area contributed by atoms with E-state index in [1.165, 1.54) is 6.42 Å². The van der Waals surface area contributed by atoms with Crippen LogP contribution in [0, 0.1) is 0 Å². The predicted molar refractivity (Wildman–Crippen MR) is 78.0 cm³/mol. The van der Waals surface area contributed by atoms with Crippen LogP contribution in [0.3, 0.4) is 0 Å². The van der Waals surface area contributed by atoms with E-state index in [1.54, 1.807) is 11.8 Å². The van der Waals surface area contributed by atoms with E-state index in [2.05, 4.69) is 0 Å². The molecule has 4 nitrogen and oxygen atoms in total. The highest BCUT2D eigenvalue weighted by Gasteiger charge is 2.13. The lowest BCUT2D eigenvalue weighted by Gasteiger charge is -2.22. The van der Waals surface area contributed by atoms with Gasteiger partial charge in [-0.25, -0.2) is 0 Å². The zero-order valence-electron chi connectivity index (χ0n) is 11.4. The fourth-order valence-electron chi connectivity index (χ4n) is 2.06. The summed E-state index contributed by atoms with van der Waals surface area (Å²) in [5, 5.41) is 8.70. The largest absolute Gasteiger partial charge is 0.481 e. The van der Waals surface area contributed by atoms with Crippen molar-refractivity contribution in [3.8, 4) is 0 Å². The molecule has 0 amide bonds. The summed E-state index contributed by atoms with van der Waals surface area (Å²) in [6, 6.07) is 7.64. The summed E-state index contributed by atoms with van der Waals surface area (Å²) in [5.74, 6) is 0.0734. The molecule has 1 heterocycles. The second-order valence-corrected chi connectivity index (χ2v) is 5.90. The maximum absolute atomic E-state index is 10.6. The molecule has 0 aliphatic carbocycles. The van der Waals surface area contributed by atoms with Gasteiger partial charge in [0, 0.05) is 17.3 Å². The van der Waals surface area contributed by atoms with Crippen molar-refractivity contribution in [2.45, 2.75) is 36.9 Å². The third-order valence-electron chi connectivity index (χ3n) is 3.07. The van der Waals surface area contributed by atoms with E-state index < -0.39 is 5.97 Å². The first-order chi connectivity index (χ1) is 9.74. The van der Waals surface area contributed by atoms with Gasteiger partial charge in [0.2, 0.25) is 0 Å². The molecule has 5 heteroatoms. The van der Waals surface area contributed by atoms with Crippen molar-refractivity contribution in [1.29, 1.82) is 0 Å². The van der Waals surface area contributed by atoms with E-state index in [1.807, 2.05) is 24.3 Å². The molecule has 0 radical (unpaired) electrons. The van der Waals surface area contributed by atoms with E-state index in [4.69, 9.17) is 14.6 Å². The van der Waals surface area contributed by atoms with Crippen LogP contribution >= 0.6 is 11.8 Å². The van der Waals surface area contributed by atoms with Gasteiger partial charge in [-0.3, -0.25) is 4.79 Å². The van der Waals surface area contributed by atoms with Crippen molar-refractivity contribution < 1.29 is 19.4 Å². The summed E-state index contributed by atoms with van der Waals surface area (Å²) in [5.41, 5.74) is 0.828. The number of carbonyl (C=O) groups is 1. The molecule has 1 aromatic rings. The number of thioether (sulfide) groups is 1. The normalized spacial score (nSPS) is 18.9. The average Bonchev–Trinajstić information content (AvgIpc) is 2.46. The number of carboxylic acids is 1. The van der Waals surface area contributed by atoms with Crippen molar-refractivity contribution in [3.05, 3.63) is 29.8 Å². The molecule has 1 saturated heterocycles. The van der Waals surface area contributed by atoms with Crippen LogP contribution in [0.25, 0.3) is 0 Å². The SMILES string of the molecule is O=C(O)Cc1ccc(SCCOC2CCCCO2)cc1. The van der Waals surface area contributed by atoms with Crippen LogP contribution in [0.4, 0.5) is 0 Å². The Morgan fingerprint density at radius 1 is 1.35 bits per heavy atom. The molecule has 0 bridgehead atoms.